The third-order valence-corrected chi connectivity index (χ3v) is 6.79. The fourth-order valence-electron chi connectivity index (χ4n) is 2.93. The summed E-state index contributed by atoms with van der Waals surface area (Å²) in [6.45, 7) is 7.59. The summed E-state index contributed by atoms with van der Waals surface area (Å²) in [6.07, 6.45) is 0.850. The molecular formula is C17H28N2O3S. The first-order valence-electron chi connectivity index (χ1n) is 8.20. The molecule has 0 saturated carbocycles. The number of sulfonamides is 1. The molecule has 1 N–H and O–H groups in total. The molecule has 1 saturated heterocycles. The number of ether oxygens (including phenoxy) is 1. The molecule has 0 radical (unpaired) electrons. The standard InChI is InChI=1S/C17H28N2O3S/c1-13(2)23(20,21)19-10-9-17(14(3)12-19)18-11-15-5-7-16(22-4)8-6-15/h5-8,13-14,17-18H,9-12H2,1-4H3/t14-,17-/m0/s1. The van der Waals surface area contributed by atoms with Crippen LogP contribution in [0.2, 0.25) is 0 Å². The minimum Gasteiger partial charge on any atom is -0.497 e. The zero-order valence-corrected chi connectivity index (χ0v) is 15.3. The lowest BCUT2D eigenvalue weighted by Gasteiger charge is -2.37. The summed E-state index contributed by atoms with van der Waals surface area (Å²) < 4.78 is 31.3. The lowest BCUT2D eigenvalue weighted by atomic mass is 9.95. The van der Waals surface area contributed by atoms with Crippen LogP contribution in [0.5, 0.6) is 5.75 Å². The van der Waals surface area contributed by atoms with E-state index in [1.807, 2.05) is 12.1 Å². The van der Waals surface area contributed by atoms with Crippen molar-refractivity contribution in [3.63, 3.8) is 0 Å². The lowest BCUT2D eigenvalue weighted by molar-refractivity contribution is 0.218. The van der Waals surface area contributed by atoms with Gasteiger partial charge in [-0.25, -0.2) is 12.7 Å². The summed E-state index contributed by atoms with van der Waals surface area (Å²) in [7, 11) is -1.48. The average molecular weight is 340 g/mol. The molecular weight excluding hydrogens is 312 g/mol. The van der Waals surface area contributed by atoms with Crippen molar-refractivity contribution in [2.75, 3.05) is 20.2 Å². The molecule has 0 spiro atoms. The molecule has 23 heavy (non-hydrogen) atoms. The van der Waals surface area contributed by atoms with Crippen LogP contribution in [0.3, 0.4) is 0 Å². The van der Waals surface area contributed by atoms with Gasteiger partial charge < -0.3 is 10.1 Å². The number of benzene rings is 1. The van der Waals surface area contributed by atoms with E-state index in [2.05, 4.69) is 24.4 Å². The van der Waals surface area contributed by atoms with Gasteiger partial charge in [0, 0.05) is 25.7 Å². The fraction of sp³-hybridized carbons (Fsp3) is 0.647. The van der Waals surface area contributed by atoms with Gasteiger partial charge in [0.15, 0.2) is 0 Å². The lowest BCUT2D eigenvalue weighted by Crippen LogP contribution is -2.51. The average Bonchev–Trinajstić information content (AvgIpc) is 2.54. The molecule has 2 atom stereocenters. The molecule has 5 nitrogen and oxygen atoms in total. The number of piperidine rings is 1. The van der Waals surface area contributed by atoms with Crippen LogP contribution in [-0.2, 0) is 16.6 Å². The Hall–Kier alpha value is -1.11. The Kier molecular flexibility index (Phi) is 6.06. The topological polar surface area (TPSA) is 58.6 Å². The number of rotatable bonds is 6. The highest BCUT2D eigenvalue weighted by Gasteiger charge is 2.33. The largest absolute Gasteiger partial charge is 0.497 e. The molecule has 1 aliphatic heterocycles. The van der Waals surface area contributed by atoms with E-state index < -0.39 is 10.0 Å². The summed E-state index contributed by atoms with van der Waals surface area (Å²) >= 11 is 0. The first-order valence-corrected chi connectivity index (χ1v) is 9.70. The van der Waals surface area contributed by atoms with Gasteiger partial charge in [-0.3, -0.25) is 0 Å². The maximum atomic E-state index is 12.3. The Labute approximate surface area is 140 Å². The van der Waals surface area contributed by atoms with Gasteiger partial charge in [-0.15, -0.1) is 0 Å². The second kappa shape index (κ2) is 7.64. The number of methoxy groups -OCH3 is 1. The minimum atomic E-state index is -3.14. The molecule has 1 fully saturated rings. The zero-order valence-electron chi connectivity index (χ0n) is 14.5. The second-order valence-corrected chi connectivity index (χ2v) is 9.04. The van der Waals surface area contributed by atoms with E-state index in [-0.39, 0.29) is 5.25 Å². The van der Waals surface area contributed by atoms with E-state index in [1.54, 1.807) is 25.3 Å². The maximum Gasteiger partial charge on any atom is 0.216 e. The van der Waals surface area contributed by atoms with Crippen molar-refractivity contribution >= 4 is 10.0 Å². The van der Waals surface area contributed by atoms with Crippen molar-refractivity contribution in [3.05, 3.63) is 29.8 Å². The van der Waals surface area contributed by atoms with Gasteiger partial charge in [0.1, 0.15) is 5.75 Å². The molecule has 1 aromatic rings. The predicted octanol–water partition coefficient (Wildman–Crippen LogP) is 2.23. The molecule has 6 heteroatoms. The third kappa shape index (κ3) is 4.46. The Morgan fingerprint density at radius 3 is 2.48 bits per heavy atom. The van der Waals surface area contributed by atoms with Crippen molar-refractivity contribution < 1.29 is 13.2 Å². The molecule has 0 aliphatic carbocycles. The molecule has 0 bridgehead atoms. The third-order valence-electron chi connectivity index (χ3n) is 4.55. The van der Waals surface area contributed by atoms with Crippen LogP contribution in [0.25, 0.3) is 0 Å². The smallest absolute Gasteiger partial charge is 0.216 e. The second-order valence-electron chi connectivity index (χ2n) is 6.55. The molecule has 0 aromatic heterocycles. The summed E-state index contributed by atoms with van der Waals surface area (Å²) in [5, 5.41) is 3.22. The van der Waals surface area contributed by atoms with E-state index in [0.717, 1.165) is 18.7 Å². The Morgan fingerprint density at radius 1 is 1.30 bits per heavy atom. The SMILES string of the molecule is COc1ccc(CN[C@H]2CCN(S(=O)(=O)C(C)C)C[C@@H]2C)cc1. The van der Waals surface area contributed by atoms with Crippen molar-refractivity contribution in [2.24, 2.45) is 5.92 Å². The highest BCUT2D eigenvalue weighted by atomic mass is 32.2. The van der Waals surface area contributed by atoms with Gasteiger partial charge >= 0.3 is 0 Å². The van der Waals surface area contributed by atoms with Crippen molar-refractivity contribution in [1.29, 1.82) is 0 Å². The fourth-order valence-corrected chi connectivity index (χ4v) is 4.33. The minimum absolute atomic E-state index is 0.301. The molecule has 0 unspecified atom stereocenters. The summed E-state index contributed by atoms with van der Waals surface area (Å²) in [6, 6.07) is 8.36. The van der Waals surface area contributed by atoms with Crippen LogP contribution in [0.1, 0.15) is 32.8 Å². The van der Waals surface area contributed by atoms with Gasteiger partial charge in [0.2, 0.25) is 10.0 Å². The Balaban J connectivity index is 1.89. The number of hydrogen-bond donors (Lipinski definition) is 1. The molecule has 1 aromatic carbocycles. The van der Waals surface area contributed by atoms with Crippen LogP contribution in [0, 0.1) is 5.92 Å². The van der Waals surface area contributed by atoms with Gasteiger partial charge in [0.25, 0.3) is 0 Å². The van der Waals surface area contributed by atoms with Crippen molar-refractivity contribution in [3.8, 4) is 5.75 Å². The van der Waals surface area contributed by atoms with Crippen LogP contribution >= 0.6 is 0 Å². The molecule has 130 valence electrons. The van der Waals surface area contributed by atoms with E-state index in [1.165, 1.54) is 5.56 Å². The predicted molar refractivity (Wildman–Crippen MR) is 93.0 cm³/mol. The van der Waals surface area contributed by atoms with Crippen molar-refractivity contribution in [1.82, 2.24) is 9.62 Å². The number of nitrogens with one attached hydrogen (secondary N) is 1. The van der Waals surface area contributed by atoms with E-state index in [4.69, 9.17) is 4.74 Å². The van der Waals surface area contributed by atoms with Crippen LogP contribution in [0.4, 0.5) is 0 Å². The van der Waals surface area contributed by atoms with E-state index in [0.29, 0.717) is 25.0 Å². The quantitative estimate of drug-likeness (QED) is 0.863. The molecule has 1 aliphatic rings. The number of hydrogen-bond acceptors (Lipinski definition) is 4. The summed E-state index contributed by atoms with van der Waals surface area (Å²) in [5.74, 6) is 1.16. The molecule has 0 amide bonds. The maximum absolute atomic E-state index is 12.3. The molecule has 2 rings (SSSR count). The zero-order chi connectivity index (χ0) is 17.0. The van der Waals surface area contributed by atoms with E-state index in [9.17, 15) is 8.42 Å². The van der Waals surface area contributed by atoms with Crippen molar-refractivity contribution in [2.45, 2.75) is 45.0 Å². The summed E-state index contributed by atoms with van der Waals surface area (Å²) in [5.41, 5.74) is 1.20. The van der Waals surface area contributed by atoms with Gasteiger partial charge in [0.05, 0.1) is 12.4 Å². The number of nitrogens with zero attached hydrogens (tertiary/aromatic N) is 1. The highest BCUT2D eigenvalue weighted by Crippen LogP contribution is 2.22. The first-order chi connectivity index (χ1) is 10.8. The van der Waals surface area contributed by atoms with E-state index >= 15 is 0 Å². The monoisotopic (exact) mass is 340 g/mol. The van der Waals surface area contributed by atoms with Gasteiger partial charge in [-0.2, -0.15) is 0 Å². The van der Waals surface area contributed by atoms with Crippen LogP contribution < -0.4 is 10.1 Å². The molecule has 1 heterocycles. The Morgan fingerprint density at radius 2 is 1.96 bits per heavy atom. The van der Waals surface area contributed by atoms with Gasteiger partial charge in [-0.1, -0.05) is 19.1 Å². The van der Waals surface area contributed by atoms with Crippen LogP contribution in [0.15, 0.2) is 24.3 Å². The first kappa shape index (κ1) is 18.2. The normalized spacial score (nSPS) is 23.2. The highest BCUT2D eigenvalue weighted by molar-refractivity contribution is 7.89. The van der Waals surface area contributed by atoms with Gasteiger partial charge in [-0.05, 0) is 43.9 Å². The van der Waals surface area contributed by atoms with Crippen LogP contribution in [-0.4, -0.2) is 44.2 Å². The Bertz CT molecular complexity index is 599. The summed E-state index contributed by atoms with van der Waals surface area (Å²) in [4.78, 5) is 0.